The number of nitro groups is 2. The quantitative estimate of drug-likeness (QED) is 0.447. The normalized spacial score (nSPS) is 12.8. The number of benzene rings is 1. The molecule has 1 unspecified atom stereocenters. The molecule has 0 aliphatic heterocycles. The summed E-state index contributed by atoms with van der Waals surface area (Å²) >= 11 is 0. The lowest BCUT2D eigenvalue weighted by atomic mass is 10.1. The summed E-state index contributed by atoms with van der Waals surface area (Å²) in [6, 6.07) is 3.36. The van der Waals surface area contributed by atoms with Crippen LogP contribution in [-0.2, 0) is 4.74 Å². The maximum absolute atomic E-state index is 11.0. The Morgan fingerprint density at radius 1 is 1.36 bits per heavy atom. The smallest absolute Gasteiger partial charge is 0.301 e. The molecule has 0 heterocycles. The van der Waals surface area contributed by atoms with Crippen molar-refractivity contribution in [2.45, 2.75) is 32.8 Å². The summed E-state index contributed by atoms with van der Waals surface area (Å²) in [6.45, 7) is 3.72. The van der Waals surface area contributed by atoms with Gasteiger partial charge in [0.25, 0.3) is 5.69 Å². The predicted molar refractivity (Wildman–Crippen MR) is 82.2 cm³/mol. The first kappa shape index (κ1) is 17.5. The van der Waals surface area contributed by atoms with E-state index >= 15 is 0 Å². The summed E-state index contributed by atoms with van der Waals surface area (Å²) < 4.78 is 5.12. The van der Waals surface area contributed by atoms with Gasteiger partial charge in [-0.3, -0.25) is 25.7 Å². The van der Waals surface area contributed by atoms with Crippen LogP contribution in [0.2, 0.25) is 0 Å². The van der Waals surface area contributed by atoms with Crippen molar-refractivity contribution in [2.24, 2.45) is 5.10 Å². The first-order valence-electron chi connectivity index (χ1n) is 6.60. The molecule has 0 aliphatic rings. The maximum atomic E-state index is 11.0. The monoisotopic (exact) mass is 310 g/mol. The number of non-ortho nitro benzene ring substituents is 1. The van der Waals surface area contributed by atoms with E-state index in [0.717, 1.165) is 18.2 Å². The lowest BCUT2D eigenvalue weighted by Crippen LogP contribution is -2.08. The summed E-state index contributed by atoms with van der Waals surface area (Å²) in [4.78, 5) is 20.3. The van der Waals surface area contributed by atoms with Gasteiger partial charge in [-0.1, -0.05) is 0 Å². The largest absolute Gasteiger partial charge is 0.382 e. The fraction of sp³-hybridized carbons (Fsp3) is 0.462. The molecule has 9 heteroatoms. The fourth-order valence-electron chi connectivity index (χ4n) is 1.62. The lowest BCUT2D eigenvalue weighted by Gasteiger charge is -2.08. The molecule has 0 saturated heterocycles. The van der Waals surface area contributed by atoms with Gasteiger partial charge in [-0.05, 0) is 32.8 Å². The van der Waals surface area contributed by atoms with E-state index in [2.05, 4.69) is 10.5 Å². The highest BCUT2D eigenvalue weighted by Gasteiger charge is 2.19. The third-order valence-electron chi connectivity index (χ3n) is 3.07. The average Bonchev–Trinajstić information content (AvgIpc) is 2.49. The summed E-state index contributed by atoms with van der Waals surface area (Å²) in [7, 11) is 1.62. The molecule has 1 atom stereocenters. The van der Waals surface area contributed by atoms with E-state index in [4.69, 9.17) is 4.74 Å². The zero-order chi connectivity index (χ0) is 16.7. The minimum absolute atomic E-state index is 0.0962. The van der Waals surface area contributed by atoms with Gasteiger partial charge in [0.2, 0.25) is 0 Å². The second-order valence-electron chi connectivity index (χ2n) is 4.76. The van der Waals surface area contributed by atoms with Crippen molar-refractivity contribution in [3.05, 3.63) is 38.4 Å². The Bertz CT molecular complexity index is 588. The number of hydrogen-bond donors (Lipinski definition) is 1. The Balaban J connectivity index is 2.84. The van der Waals surface area contributed by atoms with E-state index in [-0.39, 0.29) is 17.5 Å². The van der Waals surface area contributed by atoms with Crippen molar-refractivity contribution in [1.29, 1.82) is 0 Å². The summed E-state index contributed by atoms with van der Waals surface area (Å²) in [6.07, 6.45) is 1.54. The van der Waals surface area contributed by atoms with Gasteiger partial charge in [-0.2, -0.15) is 5.10 Å². The molecule has 0 radical (unpaired) electrons. The van der Waals surface area contributed by atoms with Gasteiger partial charge in [0.05, 0.1) is 22.0 Å². The molecule has 1 aromatic rings. The van der Waals surface area contributed by atoms with Crippen LogP contribution in [-0.4, -0.2) is 28.8 Å². The number of nitrogens with zero attached hydrogens (tertiary/aromatic N) is 3. The molecule has 22 heavy (non-hydrogen) atoms. The Hall–Kier alpha value is -2.55. The van der Waals surface area contributed by atoms with Crippen LogP contribution in [0.15, 0.2) is 23.3 Å². The van der Waals surface area contributed by atoms with E-state index in [9.17, 15) is 20.2 Å². The van der Waals surface area contributed by atoms with Gasteiger partial charge in [-0.25, -0.2) is 0 Å². The Labute approximate surface area is 127 Å². The van der Waals surface area contributed by atoms with Crippen LogP contribution in [0.25, 0.3) is 0 Å². The van der Waals surface area contributed by atoms with Crippen LogP contribution >= 0.6 is 0 Å². The summed E-state index contributed by atoms with van der Waals surface area (Å²) in [5, 5.41) is 25.7. The molecule has 0 aliphatic carbocycles. The van der Waals surface area contributed by atoms with Crippen molar-refractivity contribution in [3.63, 3.8) is 0 Å². The summed E-state index contributed by atoms with van der Waals surface area (Å²) in [5.74, 6) is 0. The number of methoxy groups -OCH3 is 1. The highest BCUT2D eigenvalue weighted by Crippen LogP contribution is 2.28. The number of ether oxygens (including phenoxy) is 1. The van der Waals surface area contributed by atoms with Crippen molar-refractivity contribution in [3.8, 4) is 0 Å². The second kappa shape index (κ2) is 8.03. The maximum Gasteiger partial charge on any atom is 0.301 e. The number of hydrogen-bond acceptors (Lipinski definition) is 7. The van der Waals surface area contributed by atoms with Crippen LogP contribution in [0.4, 0.5) is 17.1 Å². The topological polar surface area (TPSA) is 120 Å². The molecule has 0 aromatic heterocycles. The van der Waals surface area contributed by atoms with Crippen molar-refractivity contribution < 1.29 is 14.6 Å². The Morgan fingerprint density at radius 3 is 2.59 bits per heavy atom. The van der Waals surface area contributed by atoms with Gasteiger partial charge < -0.3 is 4.74 Å². The van der Waals surface area contributed by atoms with E-state index < -0.39 is 15.5 Å². The number of anilines is 1. The minimum atomic E-state index is -0.687. The standard InChI is InChI=1S/C13H18N4O5/c1-9(4-5-10(2)22-3)14-15-12-7-6-11(16(18)19)8-13(12)17(20)21/h6-8,10,15H,4-5H2,1-3H3. The molecule has 0 spiro atoms. The third kappa shape index (κ3) is 5.09. The number of hydrazone groups is 1. The zero-order valence-electron chi connectivity index (χ0n) is 12.6. The third-order valence-corrected chi connectivity index (χ3v) is 3.07. The van der Waals surface area contributed by atoms with Crippen LogP contribution in [0.3, 0.4) is 0 Å². The van der Waals surface area contributed by atoms with Gasteiger partial charge >= 0.3 is 5.69 Å². The average molecular weight is 310 g/mol. The lowest BCUT2D eigenvalue weighted by molar-refractivity contribution is -0.393. The highest BCUT2D eigenvalue weighted by molar-refractivity contribution is 5.83. The van der Waals surface area contributed by atoms with Gasteiger partial charge in [-0.15, -0.1) is 0 Å². The number of nitrogens with one attached hydrogen (secondary N) is 1. The van der Waals surface area contributed by atoms with E-state index in [1.807, 2.05) is 6.92 Å². The van der Waals surface area contributed by atoms with Gasteiger partial charge in [0.1, 0.15) is 5.69 Å². The van der Waals surface area contributed by atoms with Crippen LogP contribution in [0, 0.1) is 20.2 Å². The molecule has 0 fully saturated rings. The van der Waals surface area contributed by atoms with Crippen LogP contribution < -0.4 is 5.43 Å². The first-order valence-corrected chi connectivity index (χ1v) is 6.60. The van der Waals surface area contributed by atoms with E-state index in [1.54, 1.807) is 14.0 Å². The second-order valence-corrected chi connectivity index (χ2v) is 4.76. The predicted octanol–water partition coefficient (Wildman–Crippen LogP) is 3.11. The first-order chi connectivity index (χ1) is 10.3. The van der Waals surface area contributed by atoms with Crippen molar-refractivity contribution >= 4 is 22.8 Å². The highest BCUT2D eigenvalue weighted by atomic mass is 16.6. The minimum Gasteiger partial charge on any atom is -0.382 e. The van der Waals surface area contributed by atoms with Crippen molar-refractivity contribution in [1.82, 2.24) is 0 Å². The molecule has 1 N–H and O–H groups in total. The fourth-order valence-corrected chi connectivity index (χ4v) is 1.62. The van der Waals surface area contributed by atoms with Crippen LogP contribution in [0.1, 0.15) is 26.7 Å². The zero-order valence-corrected chi connectivity index (χ0v) is 12.6. The molecule has 0 bridgehead atoms. The molecule has 0 amide bonds. The molecule has 1 aromatic carbocycles. The van der Waals surface area contributed by atoms with E-state index in [1.165, 1.54) is 12.1 Å². The van der Waals surface area contributed by atoms with Crippen molar-refractivity contribution in [2.75, 3.05) is 12.5 Å². The number of nitro benzene ring substituents is 2. The number of rotatable bonds is 8. The van der Waals surface area contributed by atoms with E-state index in [0.29, 0.717) is 6.42 Å². The Morgan fingerprint density at radius 2 is 2.05 bits per heavy atom. The SMILES string of the molecule is COC(C)CCC(C)=NNc1ccc([N+](=O)[O-])cc1[N+](=O)[O-]. The Kier molecular flexibility index (Phi) is 6.39. The van der Waals surface area contributed by atoms with Gasteiger partial charge in [0.15, 0.2) is 0 Å². The molecule has 120 valence electrons. The molecule has 9 nitrogen and oxygen atoms in total. The molecular formula is C13H18N4O5. The molecule has 1 rings (SSSR count). The van der Waals surface area contributed by atoms with Crippen LogP contribution in [0.5, 0.6) is 0 Å². The summed E-state index contributed by atoms with van der Waals surface area (Å²) in [5.41, 5.74) is 2.70. The van der Waals surface area contributed by atoms with Gasteiger partial charge in [0, 0.05) is 18.9 Å². The molecule has 0 saturated carbocycles. The molecular weight excluding hydrogens is 292 g/mol.